The third kappa shape index (κ3) is 5.89. The van der Waals surface area contributed by atoms with Crippen molar-refractivity contribution >= 4 is 28.6 Å². The number of fused-ring (bicyclic) bond motifs is 1. The Morgan fingerprint density at radius 1 is 1.10 bits per heavy atom. The minimum absolute atomic E-state index is 0.212. The van der Waals surface area contributed by atoms with Crippen molar-refractivity contribution in [2.75, 3.05) is 6.61 Å². The van der Waals surface area contributed by atoms with Gasteiger partial charge in [0.25, 0.3) is 0 Å². The maximum atomic E-state index is 14.5. The number of carboxylic acid groups (broad SMARTS) is 1. The molecular formula is C30H30ClF2N3O4. The predicted molar refractivity (Wildman–Crippen MR) is 148 cm³/mol. The van der Waals surface area contributed by atoms with E-state index in [0.29, 0.717) is 33.5 Å². The number of halogens is 3. The van der Waals surface area contributed by atoms with E-state index in [1.165, 1.54) is 26.1 Å². The summed E-state index contributed by atoms with van der Waals surface area (Å²) < 4.78 is 42.4. The Labute approximate surface area is 235 Å². The molecule has 0 amide bonds. The Morgan fingerprint density at radius 2 is 1.80 bits per heavy atom. The lowest BCUT2D eigenvalue weighted by Gasteiger charge is -2.32. The quantitative estimate of drug-likeness (QED) is 0.225. The molecule has 2 aromatic carbocycles. The van der Waals surface area contributed by atoms with Gasteiger partial charge in [-0.05, 0) is 62.9 Å². The summed E-state index contributed by atoms with van der Waals surface area (Å²) in [4.78, 5) is 20.4. The third-order valence-electron chi connectivity index (χ3n) is 7.36. The van der Waals surface area contributed by atoms with E-state index in [9.17, 15) is 18.7 Å². The standard InChI is InChI=1S/C30H30ClF2N3O4/c1-30(2,29(37)38)40-21-12-13-27(34-16-21)39-17-26(18-6-4-3-5-7-18)36-25-15-23(33)22(32)14-24(25)35-28(36)19-8-10-20(31)11-9-19/h8-16,18,26H,3-7,17H2,1-2H3,(H,37,38). The second kappa shape index (κ2) is 11.4. The first kappa shape index (κ1) is 27.8. The van der Waals surface area contributed by atoms with Crippen LogP contribution < -0.4 is 9.47 Å². The molecule has 1 aliphatic carbocycles. The van der Waals surface area contributed by atoms with E-state index in [4.69, 9.17) is 26.1 Å². The van der Waals surface area contributed by atoms with Gasteiger partial charge in [-0.1, -0.05) is 30.9 Å². The highest BCUT2D eigenvalue weighted by molar-refractivity contribution is 6.30. The highest BCUT2D eigenvalue weighted by Gasteiger charge is 2.31. The summed E-state index contributed by atoms with van der Waals surface area (Å²) in [6, 6.07) is 12.5. The van der Waals surface area contributed by atoms with Gasteiger partial charge in [0, 0.05) is 28.8 Å². The number of benzene rings is 2. The van der Waals surface area contributed by atoms with Gasteiger partial charge in [0.1, 0.15) is 18.2 Å². The van der Waals surface area contributed by atoms with Gasteiger partial charge in [0.15, 0.2) is 17.2 Å². The van der Waals surface area contributed by atoms with Crippen LogP contribution in [-0.2, 0) is 4.79 Å². The molecule has 1 fully saturated rings. The van der Waals surface area contributed by atoms with Crippen molar-refractivity contribution in [1.29, 1.82) is 0 Å². The fourth-order valence-corrected chi connectivity index (χ4v) is 5.32. The fraction of sp³-hybridized carbons (Fsp3) is 0.367. The molecule has 210 valence electrons. The molecule has 0 radical (unpaired) electrons. The Morgan fingerprint density at radius 3 is 2.45 bits per heavy atom. The van der Waals surface area contributed by atoms with Gasteiger partial charge in [0.2, 0.25) is 5.88 Å². The summed E-state index contributed by atoms with van der Waals surface area (Å²) in [5.74, 6) is -1.58. The number of carbonyl (C=O) groups is 1. The molecule has 4 aromatic rings. The normalized spacial score (nSPS) is 15.2. The van der Waals surface area contributed by atoms with Crippen LogP contribution in [-0.4, -0.2) is 37.8 Å². The van der Waals surface area contributed by atoms with Crippen molar-refractivity contribution in [2.45, 2.75) is 57.6 Å². The highest BCUT2D eigenvalue weighted by Crippen LogP contribution is 2.39. The van der Waals surface area contributed by atoms with E-state index in [0.717, 1.165) is 43.7 Å². The Balaban J connectivity index is 1.51. The summed E-state index contributed by atoms with van der Waals surface area (Å²) in [5.41, 5.74) is 0.190. The van der Waals surface area contributed by atoms with E-state index in [1.807, 2.05) is 16.7 Å². The van der Waals surface area contributed by atoms with Crippen LogP contribution in [0.1, 0.15) is 52.0 Å². The molecule has 5 rings (SSSR count). The number of rotatable bonds is 9. The van der Waals surface area contributed by atoms with E-state index < -0.39 is 23.2 Å². The summed E-state index contributed by atoms with van der Waals surface area (Å²) in [6.45, 7) is 3.12. The van der Waals surface area contributed by atoms with E-state index in [-0.39, 0.29) is 18.6 Å². The molecule has 0 bridgehead atoms. The summed E-state index contributed by atoms with van der Waals surface area (Å²) >= 11 is 6.13. The maximum absolute atomic E-state index is 14.5. The molecule has 1 aliphatic rings. The number of nitrogens with zero attached hydrogens (tertiary/aromatic N) is 3. The van der Waals surface area contributed by atoms with E-state index >= 15 is 0 Å². The Hall–Kier alpha value is -3.72. The number of hydrogen-bond donors (Lipinski definition) is 1. The lowest BCUT2D eigenvalue weighted by molar-refractivity contribution is -0.152. The predicted octanol–water partition coefficient (Wildman–Crippen LogP) is 7.47. The van der Waals surface area contributed by atoms with Crippen LogP contribution in [0, 0.1) is 17.6 Å². The average Bonchev–Trinajstić information content (AvgIpc) is 3.28. The van der Waals surface area contributed by atoms with Gasteiger partial charge in [0.05, 0.1) is 23.3 Å². The minimum atomic E-state index is -1.41. The number of ether oxygens (including phenoxy) is 2. The van der Waals surface area contributed by atoms with Crippen LogP contribution in [0.15, 0.2) is 54.7 Å². The molecule has 10 heteroatoms. The fourth-order valence-electron chi connectivity index (χ4n) is 5.19. The van der Waals surface area contributed by atoms with E-state index in [2.05, 4.69) is 4.98 Å². The van der Waals surface area contributed by atoms with Gasteiger partial charge >= 0.3 is 5.97 Å². The van der Waals surface area contributed by atoms with Crippen molar-refractivity contribution in [3.05, 3.63) is 71.4 Å². The van der Waals surface area contributed by atoms with Gasteiger partial charge in [-0.2, -0.15) is 0 Å². The van der Waals surface area contributed by atoms with Gasteiger partial charge < -0.3 is 19.1 Å². The van der Waals surface area contributed by atoms with Crippen molar-refractivity contribution in [3.8, 4) is 23.0 Å². The van der Waals surface area contributed by atoms with Crippen molar-refractivity contribution in [3.63, 3.8) is 0 Å². The molecule has 1 saturated carbocycles. The Bertz CT molecular complexity index is 1500. The molecule has 0 saturated heterocycles. The highest BCUT2D eigenvalue weighted by atomic mass is 35.5. The molecule has 40 heavy (non-hydrogen) atoms. The van der Waals surface area contributed by atoms with Gasteiger partial charge in [-0.25, -0.2) is 23.5 Å². The monoisotopic (exact) mass is 569 g/mol. The first-order valence-electron chi connectivity index (χ1n) is 13.3. The first-order chi connectivity index (χ1) is 19.1. The van der Waals surface area contributed by atoms with Crippen LogP contribution in [0.5, 0.6) is 11.6 Å². The lowest BCUT2D eigenvalue weighted by Crippen LogP contribution is -2.37. The van der Waals surface area contributed by atoms with Crippen molar-refractivity contribution in [1.82, 2.24) is 14.5 Å². The SMILES string of the molecule is CC(C)(Oc1ccc(OCC(C2CCCCC2)n2c(-c3ccc(Cl)cc3)nc3cc(F)c(F)cc32)nc1)C(=O)O. The summed E-state index contributed by atoms with van der Waals surface area (Å²) in [5, 5.41) is 9.88. The second-order valence-corrected chi connectivity index (χ2v) is 11.0. The van der Waals surface area contributed by atoms with Crippen LogP contribution in [0.4, 0.5) is 8.78 Å². The number of aromatic nitrogens is 3. The van der Waals surface area contributed by atoms with Crippen LogP contribution >= 0.6 is 11.6 Å². The first-order valence-corrected chi connectivity index (χ1v) is 13.6. The zero-order valence-electron chi connectivity index (χ0n) is 22.2. The summed E-state index contributed by atoms with van der Waals surface area (Å²) in [7, 11) is 0. The number of imidazole rings is 1. The molecule has 1 N–H and O–H groups in total. The smallest absolute Gasteiger partial charge is 0.347 e. The molecule has 2 aromatic heterocycles. The van der Waals surface area contributed by atoms with Gasteiger partial charge in [-0.15, -0.1) is 0 Å². The van der Waals surface area contributed by atoms with Crippen molar-refractivity contribution in [2.24, 2.45) is 5.92 Å². The number of carboxylic acids is 1. The number of hydrogen-bond acceptors (Lipinski definition) is 5. The zero-order valence-corrected chi connectivity index (χ0v) is 23.0. The van der Waals surface area contributed by atoms with Crippen molar-refractivity contribution < 1.29 is 28.2 Å². The topological polar surface area (TPSA) is 86.5 Å². The molecule has 7 nitrogen and oxygen atoms in total. The molecule has 1 atom stereocenters. The molecule has 0 aliphatic heterocycles. The average molecular weight is 570 g/mol. The third-order valence-corrected chi connectivity index (χ3v) is 7.61. The molecule has 2 heterocycles. The summed E-state index contributed by atoms with van der Waals surface area (Å²) in [6.07, 6.45) is 6.62. The zero-order chi connectivity index (χ0) is 28.4. The largest absolute Gasteiger partial charge is 0.478 e. The minimum Gasteiger partial charge on any atom is -0.478 e. The Kier molecular flexibility index (Phi) is 7.94. The molecular weight excluding hydrogens is 540 g/mol. The van der Waals surface area contributed by atoms with Crippen LogP contribution in [0.2, 0.25) is 5.02 Å². The lowest BCUT2D eigenvalue weighted by atomic mass is 9.83. The number of pyridine rings is 1. The molecule has 0 spiro atoms. The maximum Gasteiger partial charge on any atom is 0.347 e. The molecule has 1 unspecified atom stereocenters. The van der Waals surface area contributed by atoms with Crippen LogP contribution in [0.3, 0.4) is 0 Å². The van der Waals surface area contributed by atoms with Gasteiger partial charge in [-0.3, -0.25) is 0 Å². The van der Waals surface area contributed by atoms with Crippen LogP contribution in [0.25, 0.3) is 22.4 Å². The van der Waals surface area contributed by atoms with E-state index in [1.54, 1.807) is 24.3 Å². The number of aliphatic carboxylic acids is 1. The second-order valence-electron chi connectivity index (χ2n) is 10.6.